The Kier molecular flexibility index (Phi) is 2.50. The molecule has 12 heavy (non-hydrogen) atoms. The van der Waals surface area contributed by atoms with E-state index in [1.54, 1.807) is 0 Å². The van der Waals surface area contributed by atoms with Crippen molar-refractivity contribution >= 4 is 0 Å². The van der Waals surface area contributed by atoms with E-state index in [-0.39, 0.29) is 0 Å². The SMILES string of the molecule is CC1CN(C(C)C)C1C(C)(C)O. The topological polar surface area (TPSA) is 23.5 Å². The van der Waals surface area contributed by atoms with Crippen molar-refractivity contribution in [2.45, 2.75) is 52.3 Å². The molecule has 0 aromatic carbocycles. The lowest BCUT2D eigenvalue weighted by Gasteiger charge is -2.54. The van der Waals surface area contributed by atoms with Crippen LogP contribution in [0.3, 0.4) is 0 Å². The fourth-order valence-electron chi connectivity index (χ4n) is 2.37. The lowest BCUT2D eigenvalue weighted by atomic mass is 9.78. The van der Waals surface area contributed by atoms with Gasteiger partial charge >= 0.3 is 0 Å². The molecule has 2 unspecified atom stereocenters. The fraction of sp³-hybridized carbons (Fsp3) is 1.00. The standard InChI is InChI=1S/C10H21NO/c1-7(2)11-6-8(3)9(11)10(4,5)12/h7-9,12H,6H2,1-5H3. The summed E-state index contributed by atoms with van der Waals surface area (Å²) in [6.07, 6.45) is 0. The van der Waals surface area contributed by atoms with E-state index in [0.29, 0.717) is 18.0 Å². The van der Waals surface area contributed by atoms with E-state index in [1.165, 1.54) is 0 Å². The molecule has 2 heteroatoms. The molecule has 72 valence electrons. The summed E-state index contributed by atoms with van der Waals surface area (Å²) < 4.78 is 0. The zero-order chi connectivity index (χ0) is 9.52. The number of hydrogen-bond donors (Lipinski definition) is 1. The maximum Gasteiger partial charge on any atom is 0.0749 e. The van der Waals surface area contributed by atoms with Crippen LogP contribution < -0.4 is 0 Å². The van der Waals surface area contributed by atoms with Gasteiger partial charge in [0.05, 0.1) is 5.60 Å². The van der Waals surface area contributed by atoms with Crippen LogP contribution in [0.2, 0.25) is 0 Å². The third kappa shape index (κ3) is 1.64. The molecule has 1 saturated heterocycles. The Labute approximate surface area is 75.6 Å². The Bertz CT molecular complexity index is 160. The Morgan fingerprint density at radius 2 is 1.92 bits per heavy atom. The predicted molar refractivity (Wildman–Crippen MR) is 51.1 cm³/mol. The highest BCUT2D eigenvalue weighted by Gasteiger charge is 2.45. The highest BCUT2D eigenvalue weighted by atomic mass is 16.3. The van der Waals surface area contributed by atoms with E-state index in [2.05, 4.69) is 25.7 Å². The molecule has 0 spiro atoms. The minimum atomic E-state index is -0.554. The molecule has 2 atom stereocenters. The van der Waals surface area contributed by atoms with Gasteiger partial charge in [-0.1, -0.05) is 6.92 Å². The lowest BCUT2D eigenvalue weighted by Crippen LogP contribution is -2.66. The van der Waals surface area contributed by atoms with E-state index < -0.39 is 5.60 Å². The van der Waals surface area contributed by atoms with Gasteiger partial charge in [0.2, 0.25) is 0 Å². The number of nitrogens with zero attached hydrogens (tertiary/aromatic N) is 1. The summed E-state index contributed by atoms with van der Waals surface area (Å²) in [4.78, 5) is 2.37. The molecule has 2 nitrogen and oxygen atoms in total. The number of rotatable bonds is 2. The number of aliphatic hydroxyl groups is 1. The first kappa shape index (κ1) is 10.0. The normalized spacial score (nSPS) is 32.2. The van der Waals surface area contributed by atoms with Gasteiger partial charge in [-0.25, -0.2) is 0 Å². The van der Waals surface area contributed by atoms with Gasteiger partial charge in [0.15, 0.2) is 0 Å². The summed E-state index contributed by atoms with van der Waals surface area (Å²) in [5, 5.41) is 9.89. The maximum absolute atomic E-state index is 9.89. The first-order chi connectivity index (χ1) is 5.34. The van der Waals surface area contributed by atoms with E-state index >= 15 is 0 Å². The average Bonchev–Trinajstić information content (AvgIpc) is 1.77. The summed E-state index contributed by atoms with van der Waals surface area (Å²) in [6, 6.07) is 0.898. The highest BCUT2D eigenvalue weighted by Crippen LogP contribution is 2.34. The smallest absolute Gasteiger partial charge is 0.0749 e. The molecule has 1 fully saturated rings. The van der Waals surface area contributed by atoms with Crippen LogP contribution in [0.5, 0.6) is 0 Å². The van der Waals surface area contributed by atoms with E-state index in [4.69, 9.17) is 0 Å². The van der Waals surface area contributed by atoms with Gasteiger partial charge in [-0.05, 0) is 33.6 Å². The molecular weight excluding hydrogens is 150 g/mol. The molecule has 1 rings (SSSR count). The molecule has 0 saturated carbocycles. The van der Waals surface area contributed by atoms with Crippen molar-refractivity contribution in [2.24, 2.45) is 5.92 Å². The van der Waals surface area contributed by atoms with Crippen molar-refractivity contribution in [3.63, 3.8) is 0 Å². The van der Waals surface area contributed by atoms with Crippen LogP contribution in [0.25, 0.3) is 0 Å². The summed E-state index contributed by atoms with van der Waals surface area (Å²) in [6.45, 7) is 11.5. The zero-order valence-corrected chi connectivity index (χ0v) is 8.83. The molecule has 1 aliphatic rings. The first-order valence-corrected chi connectivity index (χ1v) is 4.82. The Morgan fingerprint density at radius 1 is 1.42 bits per heavy atom. The number of likely N-dealkylation sites (tertiary alicyclic amines) is 1. The minimum Gasteiger partial charge on any atom is -0.389 e. The quantitative estimate of drug-likeness (QED) is 0.680. The summed E-state index contributed by atoms with van der Waals surface area (Å²) in [5.74, 6) is 0.632. The van der Waals surface area contributed by atoms with E-state index in [1.807, 2.05) is 13.8 Å². The minimum absolute atomic E-state index is 0.345. The van der Waals surface area contributed by atoms with Crippen LogP contribution in [-0.4, -0.2) is 34.2 Å². The average molecular weight is 171 g/mol. The van der Waals surface area contributed by atoms with Gasteiger partial charge in [-0.3, -0.25) is 4.90 Å². The second-order valence-electron chi connectivity index (χ2n) is 4.87. The zero-order valence-electron chi connectivity index (χ0n) is 8.83. The summed E-state index contributed by atoms with van der Waals surface area (Å²) >= 11 is 0. The van der Waals surface area contributed by atoms with Crippen molar-refractivity contribution in [3.8, 4) is 0 Å². The van der Waals surface area contributed by atoms with Gasteiger partial charge in [-0.2, -0.15) is 0 Å². The van der Waals surface area contributed by atoms with Gasteiger partial charge in [0.25, 0.3) is 0 Å². The van der Waals surface area contributed by atoms with Crippen molar-refractivity contribution in [2.75, 3.05) is 6.54 Å². The Hall–Kier alpha value is -0.0800. The van der Waals surface area contributed by atoms with Crippen LogP contribution in [0.1, 0.15) is 34.6 Å². The van der Waals surface area contributed by atoms with Gasteiger partial charge in [-0.15, -0.1) is 0 Å². The van der Waals surface area contributed by atoms with Gasteiger partial charge in [0.1, 0.15) is 0 Å². The molecule has 0 radical (unpaired) electrons. The first-order valence-electron chi connectivity index (χ1n) is 4.82. The molecule has 0 amide bonds. The molecule has 0 bridgehead atoms. The molecule has 0 aromatic heterocycles. The molecule has 1 aliphatic heterocycles. The monoisotopic (exact) mass is 171 g/mol. The van der Waals surface area contributed by atoms with Crippen molar-refractivity contribution in [3.05, 3.63) is 0 Å². The van der Waals surface area contributed by atoms with E-state index in [9.17, 15) is 5.11 Å². The van der Waals surface area contributed by atoms with Crippen LogP contribution in [0.4, 0.5) is 0 Å². The fourth-order valence-corrected chi connectivity index (χ4v) is 2.37. The third-order valence-corrected chi connectivity index (χ3v) is 2.78. The molecular formula is C10H21NO. The van der Waals surface area contributed by atoms with Crippen LogP contribution >= 0.6 is 0 Å². The maximum atomic E-state index is 9.89. The summed E-state index contributed by atoms with van der Waals surface area (Å²) in [7, 11) is 0. The predicted octanol–water partition coefficient (Wildman–Crippen LogP) is 1.49. The van der Waals surface area contributed by atoms with Crippen LogP contribution in [-0.2, 0) is 0 Å². The Morgan fingerprint density at radius 3 is 2.08 bits per heavy atom. The van der Waals surface area contributed by atoms with E-state index in [0.717, 1.165) is 6.54 Å². The van der Waals surface area contributed by atoms with Crippen LogP contribution in [0.15, 0.2) is 0 Å². The number of hydrogen-bond acceptors (Lipinski definition) is 2. The van der Waals surface area contributed by atoms with Gasteiger partial charge in [0, 0.05) is 18.6 Å². The molecule has 0 aliphatic carbocycles. The highest BCUT2D eigenvalue weighted by molar-refractivity contribution is 4.99. The molecule has 0 aromatic rings. The van der Waals surface area contributed by atoms with Crippen LogP contribution in [0, 0.1) is 5.92 Å². The van der Waals surface area contributed by atoms with Crippen molar-refractivity contribution < 1.29 is 5.11 Å². The molecule has 1 heterocycles. The van der Waals surface area contributed by atoms with Crippen molar-refractivity contribution in [1.82, 2.24) is 4.90 Å². The second kappa shape index (κ2) is 3.00. The Balaban J connectivity index is 2.62. The third-order valence-electron chi connectivity index (χ3n) is 2.78. The van der Waals surface area contributed by atoms with Gasteiger partial charge < -0.3 is 5.11 Å². The van der Waals surface area contributed by atoms with Crippen molar-refractivity contribution in [1.29, 1.82) is 0 Å². The summed E-state index contributed by atoms with van der Waals surface area (Å²) in [5.41, 5.74) is -0.554. The molecule has 1 N–H and O–H groups in total. The second-order valence-corrected chi connectivity index (χ2v) is 4.87. The lowest BCUT2D eigenvalue weighted by molar-refractivity contribution is -0.119. The largest absolute Gasteiger partial charge is 0.389 e.